The average molecular weight is 565 g/mol. The Morgan fingerprint density at radius 3 is 2.25 bits per heavy atom. The zero-order chi connectivity index (χ0) is 29.7. The molecule has 1 aromatic heterocycles. The third kappa shape index (κ3) is 7.24. The lowest BCUT2D eigenvalue weighted by atomic mass is 9.95. The van der Waals surface area contributed by atoms with E-state index < -0.39 is 53.8 Å². The van der Waals surface area contributed by atoms with Gasteiger partial charge in [0.1, 0.15) is 5.82 Å². The summed E-state index contributed by atoms with van der Waals surface area (Å²) in [6, 6.07) is 7.12. The Bertz CT molecular complexity index is 1360. The van der Waals surface area contributed by atoms with Crippen LogP contribution >= 0.6 is 0 Å². The molecule has 12 heteroatoms. The van der Waals surface area contributed by atoms with E-state index in [1.54, 1.807) is 13.8 Å². The van der Waals surface area contributed by atoms with Crippen LogP contribution in [0.1, 0.15) is 66.3 Å². The van der Waals surface area contributed by atoms with Gasteiger partial charge in [0.2, 0.25) is 0 Å². The van der Waals surface area contributed by atoms with Crippen molar-refractivity contribution < 1.29 is 42.5 Å². The summed E-state index contributed by atoms with van der Waals surface area (Å²) in [5, 5.41) is 35.5. The molecule has 216 valence electrons. The van der Waals surface area contributed by atoms with Crippen molar-refractivity contribution in [2.45, 2.75) is 64.2 Å². The number of aromatic nitrogens is 2. The van der Waals surface area contributed by atoms with E-state index in [2.05, 4.69) is 5.10 Å². The zero-order valence-corrected chi connectivity index (χ0v) is 22.2. The molecule has 0 radical (unpaired) electrons. The van der Waals surface area contributed by atoms with Crippen molar-refractivity contribution in [3.05, 3.63) is 82.2 Å². The minimum Gasteiger partial charge on any atom is -0.550 e. The van der Waals surface area contributed by atoms with Crippen LogP contribution in [-0.4, -0.2) is 56.0 Å². The van der Waals surface area contributed by atoms with E-state index in [9.17, 15) is 42.5 Å². The number of halogens is 4. The molecule has 0 fully saturated rings. The second-order valence-corrected chi connectivity index (χ2v) is 9.91. The highest BCUT2D eigenvalue weighted by molar-refractivity contribution is 5.94. The maximum atomic E-state index is 14.3. The summed E-state index contributed by atoms with van der Waals surface area (Å²) in [5.74, 6) is -7.27. The molecule has 0 aliphatic carbocycles. The highest BCUT2D eigenvalue weighted by Crippen LogP contribution is 2.29. The van der Waals surface area contributed by atoms with E-state index in [1.165, 1.54) is 36.0 Å². The van der Waals surface area contributed by atoms with Crippen molar-refractivity contribution in [3.8, 4) is 5.69 Å². The molecule has 2 atom stereocenters. The number of aliphatic hydroxyl groups is 2. The predicted octanol–water partition coefficient (Wildman–Crippen LogP) is 3.01. The lowest BCUT2D eigenvalue weighted by Gasteiger charge is -2.19. The number of aliphatic hydroxyl groups excluding tert-OH is 2. The quantitative estimate of drug-likeness (QED) is 0.258. The van der Waals surface area contributed by atoms with Gasteiger partial charge in [0, 0.05) is 42.8 Å². The second-order valence-electron chi connectivity index (χ2n) is 9.91. The fourth-order valence-corrected chi connectivity index (χ4v) is 4.47. The smallest absolute Gasteiger partial charge is 0.274 e. The summed E-state index contributed by atoms with van der Waals surface area (Å²) < 4.78 is 56.4. The molecule has 0 saturated carbocycles. The van der Waals surface area contributed by atoms with Gasteiger partial charge < -0.3 is 25.0 Å². The Labute approximate surface area is 228 Å². The molecule has 8 nitrogen and oxygen atoms in total. The highest BCUT2D eigenvalue weighted by Gasteiger charge is 2.29. The lowest BCUT2D eigenvalue weighted by molar-refractivity contribution is -0.307. The molecule has 0 unspecified atom stereocenters. The van der Waals surface area contributed by atoms with Gasteiger partial charge in [-0.05, 0) is 55.5 Å². The summed E-state index contributed by atoms with van der Waals surface area (Å²) in [6.07, 6.45) is -3.04. The molecule has 0 aliphatic heterocycles. The summed E-state index contributed by atoms with van der Waals surface area (Å²) in [7, 11) is 1.35. The third-order valence-corrected chi connectivity index (χ3v) is 6.40. The normalized spacial score (nSPS) is 12.9. The molecule has 3 rings (SSSR count). The number of benzene rings is 2. The monoisotopic (exact) mass is 564 g/mol. The van der Waals surface area contributed by atoms with Crippen molar-refractivity contribution in [2.75, 3.05) is 7.05 Å². The van der Waals surface area contributed by atoms with Gasteiger partial charge in [-0.2, -0.15) is 5.10 Å². The maximum absolute atomic E-state index is 14.3. The Morgan fingerprint density at radius 1 is 1.00 bits per heavy atom. The van der Waals surface area contributed by atoms with Crippen molar-refractivity contribution in [3.63, 3.8) is 0 Å². The summed E-state index contributed by atoms with van der Waals surface area (Å²) in [6.45, 7) is 3.23. The Kier molecular flexibility index (Phi) is 10.0. The van der Waals surface area contributed by atoms with Gasteiger partial charge in [-0.25, -0.2) is 22.2 Å². The first-order chi connectivity index (χ1) is 18.8. The van der Waals surface area contributed by atoms with Gasteiger partial charge >= 0.3 is 0 Å². The SMILES string of the molecule is CC(C)c1c(C(=O)N(C)Cc2ccc(F)c(F)c2F)nn(-c2ccc(F)cc2)c1CC[C@@H](O)C[C@@H](O)CC(=O)[O-]. The van der Waals surface area contributed by atoms with E-state index in [0.717, 1.165) is 17.0 Å². The lowest BCUT2D eigenvalue weighted by Crippen LogP contribution is -2.29. The van der Waals surface area contributed by atoms with Crippen LogP contribution in [0.5, 0.6) is 0 Å². The maximum Gasteiger partial charge on any atom is 0.274 e. The predicted molar refractivity (Wildman–Crippen MR) is 134 cm³/mol. The number of carboxylic acid groups (broad SMARTS) is 1. The van der Waals surface area contributed by atoms with Crippen LogP contribution in [-0.2, 0) is 17.8 Å². The highest BCUT2D eigenvalue weighted by atomic mass is 19.2. The van der Waals surface area contributed by atoms with Gasteiger partial charge in [-0.3, -0.25) is 4.79 Å². The van der Waals surface area contributed by atoms with Gasteiger partial charge in [0.25, 0.3) is 5.91 Å². The van der Waals surface area contributed by atoms with Crippen LogP contribution in [0, 0.1) is 23.3 Å². The first-order valence-corrected chi connectivity index (χ1v) is 12.6. The van der Waals surface area contributed by atoms with Crippen LogP contribution in [0.4, 0.5) is 17.6 Å². The number of hydrogen-bond donors (Lipinski definition) is 2. The summed E-state index contributed by atoms with van der Waals surface area (Å²) >= 11 is 0. The average Bonchev–Trinajstić information content (AvgIpc) is 3.27. The number of nitrogens with zero attached hydrogens (tertiary/aromatic N) is 3. The van der Waals surface area contributed by atoms with E-state index in [1.807, 2.05) is 0 Å². The molecule has 40 heavy (non-hydrogen) atoms. The first-order valence-electron chi connectivity index (χ1n) is 12.6. The molecule has 0 spiro atoms. The molecule has 1 amide bonds. The molecule has 0 saturated heterocycles. The molecule has 2 aromatic carbocycles. The van der Waals surface area contributed by atoms with Gasteiger partial charge in [0.15, 0.2) is 23.1 Å². The van der Waals surface area contributed by atoms with Crippen LogP contribution in [0.3, 0.4) is 0 Å². The second kappa shape index (κ2) is 13.1. The minimum absolute atomic E-state index is 0.00806. The number of aliphatic carboxylic acids is 1. The molecular formula is C28H30F4N3O5-. The standard InChI is InChI=1S/C28H31F4N3O5/c1-15(2)24-22(11-9-19(36)12-20(37)13-23(38)39)35(18-7-5-17(29)6-8-18)33-27(24)28(40)34(3)14-16-4-10-21(30)26(32)25(16)31/h4-8,10,15,19-20,36-37H,9,11-14H2,1-3H3,(H,38,39)/p-1/t19-,20-/m1/s1. The van der Waals surface area contributed by atoms with E-state index in [4.69, 9.17) is 0 Å². The minimum atomic E-state index is -1.65. The largest absolute Gasteiger partial charge is 0.550 e. The van der Waals surface area contributed by atoms with Crippen molar-refractivity contribution in [2.24, 2.45) is 0 Å². The molecule has 0 aliphatic rings. The number of carbonyl (C=O) groups is 2. The van der Waals surface area contributed by atoms with Crippen LogP contribution in [0.15, 0.2) is 36.4 Å². The van der Waals surface area contributed by atoms with Gasteiger partial charge in [-0.15, -0.1) is 0 Å². The topological polar surface area (TPSA) is 119 Å². The van der Waals surface area contributed by atoms with Crippen LogP contribution in [0.25, 0.3) is 5.69 Å². The fraction of sp³-hybridized carbons (Fsp3) is 0.393. The molecular weight excluding hydrogens is 534 g/mol. The molecule has 3 aromatic rings. The molecule has 1 heterocycles. The number of rotatable bonds is 12. The van der Waals surface area contributed by atoms with Gasteiger partial charge in [0.05, 0.1) is 17.9 Å². The third-order valence-electron chi connectivity index (χ3n) is 6.40. The van der Waals surface area contributed by atoms with Crippen molar-refractivity contribution >= 4 is 11.9 Å². The van der Waals surface area contributed by atoms with Crippen LogP contribution in [0.2, 0.25) is 0 Å². The van der Waals surface area contributed by atoms with Crippen molar-refractivity contribution in [1.82, 2.24) is 14.7 Å². The molecule has 0 bridgehead atoms. The van der Waals surface area contributed by atoms with Crippen LogP contribution < -0.4 is 5.11 Å². The van der Waals surface area contributed by atoms with E-state index in [0.29, 0.717) is 16.9 Å². The van der Waals surface area contributed by atoms with E-state index in [-0.39, 0.29) is 43.0 Å². The Balaban J connectivity index is 1.98. The van der Waals surface area contributed by atoms with Crippen molar-refractivity contribution in [1.29, 1.82) is 0 Å². The number of carbonyl (C=O) groups excluding carboxylic acids is 2. The number of amides is 1. The summed E-state index contributed by atoms with van der Waals surface area (Å²) in [5.41, 5.74) is 1.17. The fourth-order valence-electron chi connectivity index (χ4n) is 4.47. The summed E-state index contributed by atoms with van der Waals surface area (Å²) in [4.78, 5) is 25.4. The zero-order valence-electron chi connectivity index (χ0n) is 22.2. The Hall–Kier alpha value is -3.77. The van der Waals surface area contributed by atoms with Gasteiger partial charge in [-0.1, -0.05) is 19.9 Å². The molecule has 2 N–H and O–H groups in total. The number of carboxylic acids is 1. The Morgan fingerprint density at radius 2 is 1.65 bits per heavy atom. The number of hydrogen-bond acceptors (Lipinski definition) is 6. The van der Waals surface area contributed by atoms with E-state index >= 15 is 0 Å². The first kappa shape index (κ1) is 30.8.